The number of aromatic nitrogens is 2. The van der Waals surface area contributed by atoms with Gasteiger partial charge in [0.15, 0.2) is 0 Å². The van der Waals surface area contributed by atoms with Crippen molar-refractivity contribution in [2.24, 2.45) is 11.7 Å². The molecule has 4 unspecified atom stereocenters. The van der Waals surface area contributed by atoms with Crippen molar-refractivity contribution in [1.29, 1.82) is 0 Å². The highest BCUT2D eigenvalue weighted by Crippen LogP contribution is 2.05. The Morgan fingerprint density at radius 2 is 1.38 bits per heavy atom. The number of carbonyl (C=O) groups is 6. The van der Waals surface area contributed by atoms with Gasteiger partial charge in [-0.15, -0.1) is 0 Å². The molecule has 0 aliphatic heterocycles. The minimum absolute atomic E-state index is 0.226. The predicted octanol–water partition coefficient (Wildman–Crippen LogP) is -2.58. The van der Waals surface area contributed by atoms with E-state index in [2.05, 4.69) is 20.6 Å². The van der Waals surface area contributed by atoms with E-state index in [-0.39, 0.29) is 12.3 Å². The molecule has 4 atom stereocenters. The first kappa shape index (κ1) is 28.0. The van der Waals surface area contributed by atoms with Crippen LogP contribution < -0.4 is 21.7 Å². The van der Waals surface area contributed by atoms with Crippen molar-refractivity contribution in [3.63, 3.8) is 0 Å². The van der Waals surface area contributed by atoms with Crippen molar-refractivity contribution < 1.29 is 44.1 Å². The second-order valence-corrected chi connectivity index (χ2v) is 7.77. The summed E-state index contributed by atoms with van der Waals surface area (Å²) in [6, 6.07) is -5.87. The Bertz CT molecular complexity index is 902. The highest BCUT2D eigenvalue weighted by atomic mass is 16.4. The van der Waals surface area contributed by atoms with Crippen molar-refractivity contribution in [2.45, 2.75) is 57.3 Å². The highest BCUT2D eigenvalue weighted by molar-refractivity contribution is 5.96. The Labute approximate surface area is 193 Å². The summed E-state index contributed by atoms with van der Waals surface area (Å²) in [4.78, 5) is 77.7. The number of carboxylic acid groups (broad SMARTS) is 3. The summed E-state index contributed by atoms with van der Waals surface area (Å²) in [6.07, 6.45) is 0.651. The van der Waals surface area contributed by atoms with Crippen LogP contribution in [0.2, 0.25) is 0 Å². The van der Waals surface area contributed by atoms with Crippen LogP contribution in [0.1, 0.15) is 32.4 Å². The highest BCUT2D eigenvalue weighted by Gasteiger charge is 2.32. The zero-order chi connectivity index (χ0) is 26.0. The zero-order valence-corrected chi connectivity index (χ0v) is 18.5. The molecule has 1 rings (SSSR count). The Morgan fingerprint density at radius 3 is 1.85 bits per heavy atom. The molecule has 0 saturated heterocycles. The Kier molecular flexibility index (Phi) is 10.6. The number of hydrogen-bond acceptors (Lipinski definition) is 8. The summed E-state index contributed by atoms with van der Waals surface area (Å²) in [7, 11) is 0. The maximum Gasteiger partial charge on any atom is 0.326 e. The molecule has 1 aromatic rings. The van der Waals surface area contributed by atoms with Gasteiger partial charge in [0, 0.05) is 18.3 Å². The Balaban J connectivity index is 3.10. The standard InChI is InChI=1S/C19H28N6O9/c1-8(2)15(20)18(32)24-11(4-13(26)27)17(31)23-10(3-9-6-21-7-22-9)16(30)25-12(19(33)34)5-14(28)29/h6-8,10-12,15H,3-5,20H2,1-2H3,(H,21,22)(H,23,31)(H,24,32)(H,25,30)(H,26,27)(H,28,29)(H,33,34). The van der Waals surface area contributed by atoms with Crippen molar-refractivity contribution in [2.75, 3.05) is 0 Å². The average Bonchev–Trinajstić information content (AvgIpc) is 3.23. The van der Waals surface area contributed by atoms with Crippen LogP contribution >= 0.6 is 0 Å². The van der Waals surface area contributed by atoms with Crippen LogP contribution in [-0.4, -0.2) is 85.1 Å². The van der Waals surface area contributed by atoms with Crippen LogP contribution in [0.4, 0.5) is 0 Å². The minimum Gasteiger partial charge on any atom is -0.481 e. The van der Waals surface area contributed by atoms with Gasteiger partial charge < -0.3 is 42.0 Å². The molecule has 0 aliphatic rings. The molecule has 1 heterocycles. The first-order chi connectivity index (χ1) is 15.8. The van der Waals surface area contributed by atoms with Crippen LogP contribution in [0.15, 0.2) is 12.5 Å². The molecule has 34 heavy (non-hydrogen) atoms. The average molecular weight is 484 g/mol. The molecule has 3 amide bonds. The molecule has 0 spiro atoms. The fourth-order valence-electron chi connectivity index (χ4n) is 2.70. The molecular weight excluding hydrogens is 456 g/mol. The predicted molar refractivity (Wildman–Crippen MR) is 113 cm³/mol. The van der Waals surface area contributed by atoms with E-state index in [1.807, 2.05) is 5.32 Å². The normalized spacial score (nSPS) is 14.4. The first-order valence-electron chi connectivity index (χ1n) is 10.1. The smallest absolute Gasteiger partial charge is 0.326 e. The van der Waals surface area contributed by atoms with Gasteiger partial charge in [-0.1, -0.05) is 13.8 Å². The van der Waals surface area contributed by atoms with Gasteiger partial charge in [0.2, 0.25) is 17.7 Å². The summed E-state index contributed by atoms with van der Waals surface area (Å²) in [6.45, 7) is 3.30. The van der Waals surface area contributed by atoms with E-state index >= 15 is 0 Å². The van der Waals surface area contributed by atoms with Crippen LogP contribution in [0.3, 0.4) is 0 Å². The van der Waals surface area contributed by atoms with Gasteiger partial charge in [-0.05, 0) is 5.92 Å². The van der Waals surface area contributed by atoms with E-state index < -0.39 is 72.6 Å². The number of aliphatic carboxylic acids is 3. The lowest BCUT2D eigenvalue weighted by Crippen LogP contribution is -2.58. The second kappa shape index (κ2) is 12.9. The molecule has 15 heteroatoms. The molecule has 0 aliphatic carbocycles. The lowest BCUT2D eigenvalue weighted by molar-refractivity contribution is -0.147. The number of amides is 3. The van der Waals surface area contributed by atoms with E-state index in [0.717, 1.165) is 0 Å². The first-order valence-corrected chi connectivity index (χ1v) is 10.1. The van der Waals surface area contributed by atoms with E-state index in [4.69, 9.17) is 21.1 Å². The quantitative estimate of drug-likeness (QED) is 0.136. The lowest BCUT2D eigenvalue weighted by Gasteiger charge is -2.24. The summed E-state index contributed by atoms with van der Waals surface area (Å²) in [5, 5.41) is 33.7. The van der Waals surface area contributed by atoms with Crippen LogP contribution in [-0.2, 0) is 35.2 Å². The number of hydrogen-bond donors (Lipinski definition) is 8. The van der Waals surface area contributed by atoms with Crippen molar-refractivity contribution in [3.05, 3.63) is 18.2 Å². The van der Waals surface area contributed by atoms with Gasteiger partial charge in [0.1, 0.15) is 18.1 Å². The number of imidazole rings is 1. The minimum atomic E-state index is -1.79. The number of nitrogens with one attached hydrogen (secondary N) is 4. The molecule has 1 aromatic heterocycles. The van der Waals surface area contributed by atoms with E-state index in [1.165, 1.54) is 12.5 Å². The van der Waals surface area contributed by atoms with Gasteiger partial charge >= 0.3 is 17.9 Å². The number of carbonyl (C=O) groups excluding carboxylic acids is 3. The van der Waals surface area contributed by atoms with E-state index in [9.17, 15) is 28.8 Å². The molecule has 188 valence electrons. The third-order valence-corrected chi connectivity index (χ3v) is 4.64. The van der Waals surface area contributed by atoms with Crippen molar-refractivity contribution >= 4 is 35.6 Å². The topological polar surface area (TPSA) is 254 Å². The van der Waals surface area contributed by atoms with E-state index in [0.29, 0.717) is 5.69 Å². The van der Waals surface area contributed by atoms with Gasteiger partial charge in [0.05, 0.1) is 25.2 Å². The fraction of sp³-hybridized carbons (Fsp3) is 0.526. The molecule has 0 saturated carbocycles. The summed E-state index contributed by atoms with van der Waals surface area (Å²) >= 11 is 0. The molecule has 9 N–H and O–H groups in total. The number of rotatable bonds is 14. The van der Waals surface area contributed by atoms with Crippen LogP contribution in [0.25, 0.3) is 0 Å². The lowest BCUT2D eigenvalue weighted by atomic mass is 10.0. The summed E-state index contributed by atoms with van der Waals surface area (Å²) in [5.41, 5.74) is 6.08. The van der Waals surface area contributed by atoms with Gasteiger partial charge in [-0.2, -0.15) is 0 Å². The van der Waals surface area contributed by atoms with Crippen molar-refractivity contribution in [3.8, 4) is 0 Å². The van der Waals surface area contributed by atoms with E-state index in [1.54, 1.807) is 13.8 Å². The summed E-state index contributed by atoms with van der Waals surface area (Å²) in [5.74, 6) is -7.69. The van der Waals surface area contributed by atoms with Crippen LogP contribution in [0.5, 0.6) is 0 Å². The van der Waals surface area contributed by atoms with Gasteiger partial charge in [0.25, 0.3) is 0 Å². The molecule has 0 fully saturated rings. The SMILES string of the molecule is CC(C)C(N)C(=O)NC(CC(=O)O)C(=O)NC(Cc1cnc[nH]1)C(=O)NC(CC(=O)O)C(=O)O. The number of nitrogens with two attached hydrogens (primary N) is 1. The molecular formula is C19H28N6O9. The molecule has 0 aromatic carbocycles. The number of carboxylic acids is 3. The molecule has 0 bridgehead atoms. The Hall–Kier alpha value is -4.01. The fourth-order valence-corrected chi connectivity index (χ4v) is 2.70. The second-order valence-electron chi connectivity index (χ2n) is 7.77. The summed E-state index contributed by atoms with van der Waals surface area (Å²) < 4.78 is 0. The zero-order valence-electron chi connectivity index (χ0n) is 18.5. The van der Waals surface area contributed by atoms with Gasteiger partial charge in [-0.3, -0.25) is 24.0 Å². The Morgan fingerprint density at radius 1 is 0.882 bits per heavy atom. The number of nitrogens with zero attached hydrogens (tertiary/aromatic N) is 1. The van der Waals surface area contributed by atoms with Gasteiger partial charge in [-0.25, -0.2) is 9.78 Å². The maximum atomic E-state index is 12.8. The third-order valence-electron chi connectivity index (χ3n) is 4.64. The van der Waals surface area contributed by atoms with Crippen LogP contribution in [0, 0.1) is 5.92 Å². The third kappa shape index (κ3) is 9.23. The largest absolute Gasteiger partial charge is 0.481 e. The molecule has 15 nitrogen and oxygen atoms in total. The number of H-pyrrole nitrogens is 1. The number of aromatic amines is 1. The maximum absolute atomic E-state index is 12.8. The van der Waals surface area contributed by atoms with Crippen molar-refractivity contribution in [1.82, 2.24) is 25.9 Å². The monoisotopic (exact) mass is 484 g/mol. The molecule has 0 radical (unpaired) electrons.